The number of nitrogens with zero attached hydrogens (tertiary/aromatic N) is 5. The van der Waals surface area contributed by atoms with Gasteiger partial charge in [-0.15, -0.1) is 5.10 Å². The predicted octanol–water partition coefficient (Wildman–Crippen LogP) is 2.97. The molecule has 0 atom stereocenters. The zero-order valence-corrected chi connectivity index (χ0v) is 14.1. The first-order valence-corrected chi connectivity index (χ1v) is 8.00. The van der Waals surface area contributed by atoms with Crippen LogP contribution in [0.15, 0.2) is 48.7 Å². The van der Waals surface area contributed by atoms with Crippen LogP contribution in [0.4, 0.5) is 24.7 Å². The number of benzene rings is 2. The Hall–Kier alpha value is -3.95. The number of para-hydroxylation sites is 1. The molecule has 2 heterocycles. The van der Waals surface area contributed by atoms with E-state index in [2.05, 4.69) is 20.5 Å². The summed E-state index contributed by atoms with van der Waals surface area (Å²) in [7, 11) is 0. The van der Waals surface area contributed by atoms with E-state index in [1.165, 1.54) is 30.5 Å². The van der Waals surface area contributed by atoms with E-state index >= 15 is 0 Å². The minimum Gasteiger partial charge on any atom is -0.396 e. The fourth-order valence-electron chi connectivity index (χ4n) is 2.76. The molecule has 0 aliphatic heterocycles. The first-order valence-electron chi connectivity index (χ1n) is 8.00. The minimum atomic E-state index is -1.12. The van der Waals surface area contributed by atoms with Gasteiger partial charge in [-0.05, 0) is 34.7 Å². The number of halogens is 3. The fraction of sp³-hybridized carbons (Fsp3) is 0. The van der Waals surface area contributed by atoms with Gasteiger partial charge in [0, 0.05) is 17.3 Å². The third-order valence-corrected chi connectivity index (χ3v) is 4.15. The standard InChI is InChI=1S/C18H12F3N7/c19-12-4-2-6-14(15(12)21)28-18(25-26-27-28)11-7-9(8-24-17(11)23)10-3-1-5-13(20)16(10)22/h1-8H,22H2,(H2,23,24). The largest absolute Gasteiger partial charge is 0.396 e. The van der Waals surface area contributed by atoms with Gasteiger partial charge < -0.3 is 11.5 Å². The molecular weight excluding hydrogens is 371 g/mol. The van der Waals surface area contributed by atoms with Gasteiger partial charge in [0.15, 0.2) is 17.5 Å². The van der Waals surface area contributed by atoms with Gasteiger partial charge in [-0.3, -0.25) is 0 Å². The number of aromatic nitrogens is 5. The Morgan fingerprint density at radius 3 is 2.46 bits per heavy atom. The second-order valence-corrected chi connectivity index (χ2v) is 5.85. The maximum atomic E-state index is 14.2. The lowest BCUT2D eigenvalue weighted by atomic mass is 10.0. The fourth-order valence-corrected chi connectivity index (χ4v) is 2.76. The van der Waals surface area contributed by atoms with E-state index in [-0.39, 0.29) is 28.6 Å². The molecule has 140 valence electrons. The van der Waals surface area contributed by atoms with E-state index in [0.29, 0.717) is 11.1 Å². The van der Waals surface area contributed by atoms with Gasteiger partial charge in [0.1, 0.15) is 17.3 Å². The third kappa shape index (κ3) is 2.80. The van der Waals surface area contributed by atoms with Crippen molar-refractivity contribution in [2.45, 2.75) is 0 Å². The van der Waals surface area contributed by atoms with Crippen LogP contribution in [0, 0.1) is 17.5 Å². The van der Waals surface area contributed by atoms with Gasteiger partial charge in [0.05, 0.1) is 11.3 Å². The summed E-state index contributed by atoms with van der Waals surface area (Å²) in [6.07, 6.45) is 1.42. The zero-order valence-electron chi connectivity index (χ0n) is 14.1. The lowest BCUT2D eigenvalue weighted by Crippen LogP contribution is -2.06. The van der Waals surface area contributed by atoms with Crippen molar-refractivity contribution in [3.63, 3.8) is 0 Å². The number of pyridine rings is 1. The summed E-state index contributed by atoms with van der Waals surface area (Å²) in [5.74, 6) is -2.67. The highest BCUT2D eigenvalue weighted by Gasteiger charge is 2.20. The maximum Gasteiger partial charge on any atom is 0.190 e. The average Bonchev–Trinajstić information content (AvgIpc) is 3.16. The molecular formula is C18H12F3N7. The van der Waals surface area contributed by atoms with Crippen molar-refractivity contribution < 1.29 is 13.2 Å². The second kappa shape index (κ2) is 6.65. The number of rotatable bonds is 3. The van der Waals surface area contributed by atoms with E-state index in [4.69, 9.17) is 11.5 Å². The third-order valence-electron chi connectivity index (χ3n) is 4.15. The average molecular weight is 383 g/mol. The summed E-state index contributed by atoms with van der Waals surface area (Å²) >= 11 is 0. The zero-order chi connectivity index (χ0) is 19.8. The number of hydrogen-bond donors (Lipinski definition) is 2. The summed E-state index contributed by atoms with van der Waals surface area (Å²) in [4.78, 5) is 4.08. The van der Waals surface area contributed by atoms with Gasteiger partial charge in [-0.1, -0.05) is 18.2 Å². The molecule has 0 saturated carbocycles. The molecule has 28 heavy (non-hydrogen) atoms. The van der Waals surface area contributed by atoms with Crippen LogP contribution in [0.1, 0.15) is 0 Å². The summed E-state index contributed by atoms with van der Waals surface area (Å²) in [6.45, 7) is 0. The highest BCUT2D eigenvalue weighted by atomic mass is 19.2. The lowest BCUT2D eigenvalue weighted by molar-refractivity contribution is 0.501. The lowest BCUT2D eigenvalue weighted by Gasteiger charge is -2.11. The Morgan fingerprint density at radius 1 is 0.893 bits per heavy atom. The Labute approximate surface area is 156 Å². The molecule has 10 heteroatoms. The minimum absolute atomic E-state index is 0.0336. The van der Waals surface area contributed by atoms with Crippen LogP contribution >= 0.6 is 0 Å². The molecule has 4 rings (SSSR count). The van der Waals surface area contributed by atoms with Crippen molar-refractivity contribution in [3.8, 4) is 28.2 Å². The Kier molecular flexibility index (Phi) is 4.15. The predicted molar refractivity (Wildman–Crippen MR) is 96.5 cm³/mol. The molecule has 0 unspecified atom stereocenters. The van der Waals surface area contributed by atoms with Crippen LogP contribution in [0.3, 0.4) is 0 Å². The summed E-state index contributed by atoms with van der Waals surface area (Å²) in [5.41, 5.74) is 12.6. The van der Waals surface area contributed by atoms with Crippen molar-refractivity contribution in [1.29, 1.82) is 0 Å². The number of nitrogens with two attached hydrogens (primary N) is 2. The number of tetrazole rings is 1. The van der Waals surface area contributed by atoms with Crippen molar-refractivity contribution in [1.82, 2.24) is 25.2 Å². The van der Waals surface area contributed by atoms with E-state index in [0.717, 1.165) is 10.7 Å². The first kappa shape index (κ1) is 17.5. The molecule has 2 aromatic carbocycles. The monoisotopic (exact) mass is 383 g/mol. The molecule has 0 amide bonds. The molecule has 4 aromatic rings. The van der Waals surface area contributed by atoms with Gasteiger partial charge in [0.2, 0.25) is 0 Å². The van der Waals surface area contributed by atoms with E-state index in [1.54, 1.807) is 12.1 Å². The van der Waals surface area contributed by atoms with Crippen LogP contribution in [-0.4, -0.2) is 25.2 Å². The molecule has 0 bridgehead atoms. The molecule has 4 N–H and O–H groups in total. The smallest absolute Gasteiger partial charge is 0.190 e. The van der Waals surface area contributed by atoms with Crippen LogP contribution in [-0.2, 0) is 0 Å². The molecule has 0 spiro atoms. The van der Waals surface area contributed by atoms with E-state index in [1.807, 2.05) is 0 Å². The van der Waals surface area contributed by atoms with Gasteiger partial charge in [-0.2, -0.15) is 4.68 Å². The molecule has 0 radical (unpaired) electrons. The van der Waals surface area contributed by atoms with Crippen molar-refractivity contribution in [2.24, 2.45) is 0 Å². The van der Waals surface area contributed by atoms with Crippen molar-refractivity contribution >= 4 is 11.5 Å². The number of hydrogen-bond acceptors (Lipinski definition) is 6. The van der Waals surface area contributed by atoms with Gasteiger partial charge >= 0.3 is 0 Å². The van der Waals surface area contributed by atoms with Crippen LogP contribution in [0.25, 0.3) is 28.2 Å². The topological polar surface area (TPSA) is 109 Å². The molecule has 0 fully saturated rings. The van der Waals surface area contributed by atoms with E-state index < -0.39 is 17.5 Å². The summed E-state index contributed by atoms with van der Waals surface area (Å²) < 4.78 is 42.6. The van der Waals surface area contributed by atoms with E-state index in [9.17, 15) is 13.2 Å². The van der Waals surface area contributed by atoms with Crippen LogP contribution in [0.5, 0.6) is 0 Å². The maximum absolute atomic E-state index is 14.2. The SMILES string of the molecule is Nc1ncc(-c2cccc(F)c2N)cc1-c1nnnn1-c1cccc(F)c1F. The Bertz CT molecular complexity index is 1190. The molecule has 2 aromatic heterocycles. The van der Waals surface area contributed by atoms with Gasteiger partial charge in [0.25, 0.3) is 0 Å². The molecule has 0 aliphatic carbocycles. The summed E-state index contributed by atoms with van der Waals surface area (Å²) in [5, 5.41) is 11.1. The van der Waals surface area contributed by atoms with Gasteiger partial charge in [-0.25, -0.2) is 18.2 Å². The highest BCUT2D eigenvalue weighted by molar-refractivity contribution is 5.81. The van der Waals surface area contributed by atoms with Crippen molar-refractivity contribution in [2.75, 3.05) is 11.5 Å². The second-order valence-electron chi connectivity index (χ2n) is 5.85. The van der Waals surface area contributed by atoms with Crippen LogP contribution in [0.2, 0.25) is 0 Å². The molecule has 0 aliphatic rings. The molecule has 7 nitrogen and oxygen atoms in total. The van der Waals surface area contributed by atoms with Crippen molar-refractivity contribution in [3.05, 3.63) is 66.1 Å². The first-order chi connectivity index (χ1) is 13.5. The Morgan fingerprint density at radius 2 is 1.64 bits per heavy atom. The molecule has 0 saturated heterocycles. The quantitative estimate of drug-likeness (QED) is 0.527. The normalized spacial score (nSPS) is 11.0. The number of anilines is 2. The Balaban J connectivity index is 1.89. The van der Waals surface area contributed by atoms with Crippen LogP contribution < -0.4 is 11.5 Å². The summed E-state index contributed by atoms with van der Waals surface area (Å²) in [6, 6.07) is 9.52. The highest BCUT2D eigenvalue weighted by Crippen LogP contribution is 2.33. The number of nitrogen functional groups attached to an aromatic ring is 2.